The number of hydrogen-bond acceptors (Lipinski definition) is 2. The Hall–Kier alpha value is -0.0900. The molecular weight excluding hydrogens is 198 g/mol. The molecule has 4 atom stereocenters. The van der Waals surface area contributed by atoms with Gasteiger partial charge in [-0.15, -0.1) is 0 Å². The number of fused-ring (bicyclic) bond motifs is 2. The van der Waals surface area contributed by atoms with Crippen LogP contribution in [0.5, 0.6) is 0 Å². The van der Waals surface area contributed by atoms with Crippen molar-refractivity contribution in [2.75, 3.05) is 6.26 Å². The van der Waals surface area contributed by atoms with E-state index in [1.165, 1.54) is 31.9 Å². The van der Waals surface area contributed by atoms with Crippen molar-refractivity contribution in [3.63, 3.8) is 0 Å². The molecule has 2 rings (SSSR count). The summed E-state index contributed by atoms with van der Waals surface area (Å²) in [5.41, 5.74) is 0. The van der Waals surface area contributed by atoms with Gasteiger partial charge in [-0.05, 0) is 43.9 Å². The number of nitrogens with one attached hydrogen (secondary N) is 1. The van der Waals surface area contributed by atoms with E-state index in [-0.39, 0.29) is 6.04 Å². The maximum Gasteiger partial charge on any atom is 0.208 e. The fourth-order valence-corrected chi connectivity index (χ4v) is 4.18. The predicted molar refractivity (Wildman–Crippen MR) is 56.4 cm³/mol. The Bertz CT molecular complexity index is 312. The lowest BCUT2D eigenvalue weighted by Gasteiger charge is -2.27. The molecule has 0 spiro atoms. The molecule has 0 aromatic rings. The summed E-state index contributed by atoms with van der Waals surface area (Å²) in [5.74, 6) is 2.25. The lowest BCUT2D eigenvalue weighted by molar-refractivity contribution is 0.280. The third-order valence-corrected chi connectivity index (χ3v) is 4.63. The molecule has 2 fully saturated rings. The molecule has 2 saturated carbocycles. The minimum Gasteiger partial charge on any atom is -0.213 e. The molecule has 0 amide bonds. The first-order chi connectivity index (χ1) is 6.46. The van der Waals surface area contributed by atoms with Gasteiger partial charge in [0.25, 0.3) is 0 Å². The largest absolute Gasteiger partial charge is 0.213 e. The summed E-state index contributed by atoms with van der Waals surface area (Å²) in [5, 5.41) is 0. The normalized spacial score (nSPS) is 38.9. The van der Waals surface area contributed by atoms with E-state index < -0.39 is 10.0 Å². The summed E-state index contributed by atoms with van der Waals surface area (Å²) in [6.45, 7) is 2.01. The van der Waals surface area contributed by atoms with Crippen LogP contribution in [0.4, 0.5) is 0 Å². The van der Waals surface area contributed by atoms with E-state index in [0.29, 0.717) is 5.92 Å². The monoisotopic (exact) mass is 217 g/mol. The van der Waals surface area contributed by atoms with E-state index in [1.807, 2.05) is 6.92 Å². The summed E-state index contributed by atoms with van der Waals surface area (Å²) in [4.78, 5) is 0. The van der Waals surface area contributed by atoms with Crippen LogP contribution in [0.15, 0.2) is 0 Å². The van der Waals surface area contributed by atoms with E-state index >= 15 is 0 Å². The first-order valence-electron chi connectivity index (χ1n) is 5.43. The Morgan fingerprint density at radius 3 is 2.43 bits per heavy atom. The van der Waals surface area contributed by atoms with Crippen molar-refractivity contribution in [1.29, 1.82) is 0 Å². The highest BCUT2D eigenvalue weighted by atomic mass is 32.2. The Kier molecular flexibility index (Phi) is 2.60. The molecule has 0 aliphatic heterocycles. The van der Waals surface area contributed by atoms with Gasteiger partial charge in [-0.3, -0.25) is 0 Å². The van der Waals surface area contributed by atoms with Crippen molar-refractivity contribution in [3.05, 3.63) is 0 Å². The zero-order chi connectivity index (χ0) is 10.3. The first kappa shape index (κ1) is 10.4. The molecule has 0 heterocycles. The number of sulfonamides is 1. The van der Waals surface area contributed by atoms with Gasteiger partial charge >= 0.3 is 0 Å². The fraction of sp³-hybridized carbons (Fsp3) is 1.00. The molecule has 0 aromatic heterocycles. The molecule has 4 heteroatoms. The quantitative estimate of drug-likeness (QED) is 0.776. The second-order valence-corrected chi connectivity index (χ2v) is 6.80. The van der Waals surface area contributed by atoms with Crippen LogP contribution in [-0.4, -0.2) is 20.7 Å². The summed E-state index contributed by atoms with van der Waals surface area (Å²) in [7, 11) is -3.03. The van der Waals surface area contributed by atoms with Crippen molar-refractivity contribution in [2.24, 2.45) is 17.8 Å². The summed E-state index contributed by atoms with van der Waals surface area (Å²) in [6.07, 6.45) is 6.49. The minimum atomic E-state index is -3.03. The maximum atomic E-state index is 11.1. The van der Waals surface area contributed by atoms with Gasteiger partial charge < -0.3 is 0 Å². The lowest BCUT2D eigenvalue weighted by Crippen LogP contribution is -2.39. The molecule has 14 heavy (non-hydrogen) atoms. The highest BCUT2D eigenvalue weighted by Crippen LogP contribution is 2.49. The highest BCUT2D eigenvalue weighted by molar-refractivity contribution is 7.88. The molecule has 1 N–H and O–H groups in total. The van der Waals surface area contributed by atoms with Crippen LogP contribution in [-0.2, 0) is 10.0 Å². The van der Waals surface area contributed by atoms with Crippen LogP contribution < -0.4 is 4.72 Å². The van der Waals surface area contributed by atoms with Crippen molar-refractivity contribution < 1.29 is 8.42 Å². The Labute approximate surface area is 86.3 Å². The average molecular weight is 217 g/mol. The molecular formula is C10H19NO2S. The summed E-state index contributed by atoms with van der Waals surface area (Å²) >= 11 is 0. The van der Waals surface area contributed by atoms with Gasteiger partial charge in [0.1, 0.15) is 0 Å². The van der Waals surface area contributed by atoms with Gasteiger partial charge in [0.15, 0.2) is 0 Å². The first-order valence-corrected chi connectivity index (χ1v) is 7.32. The topological polar surface area (TPSA) is 46.2 Å². The standard InChI is InChI=1S/C10H19NO2S/c1-7(11-14(2,12)13)10-6-8-3-4-9(10)5-8/h7-11H,3-6H2,1-2H3/t7-,8+,9+,10+/m1/s1. The van der Waals surface area contributed by atoms with E-state index in [2.05, 4.69) is 4.72 Å². The van der Waals surface area contributed by atoms with Crippen molar-refractivity contribution in [1.82, 2.24) is 4.72 Å². The molecule has 0 aromatic carbocycles. The lowest BCUT2D eigenvalue weighted by atomic mass is 9.84. The Morgan fingerprint density at radius 1 is 1.29 bits per heavy atom. The summed E-state index contributed by atoms with van der Waals surface area (Å²) < 4.78 is 24.9. The van der Waals surface area contributed by atoms with Crippen molar-refractivity contribution in [3.8, 4) is 0 Å². The van der Waals surface area contributed by atoms with Gasteiger partial charge in [-0.25, -0.2) is 13.1 Å². The van der Waals surface area contributed by atoms with Gasteiger partial charge in [0.2, 0.25) is 10.0 Å². The van der Waals surface area contributed by atoms with Gasteiger partial charge in [-0.1, -0.05) is 6.42 Å². The van der Waals surface area contributed by atoms with Crippen molar-refractivity contribution in [2.45, 2.75) is 38.6 Å². The van der Waals surface area contributed by atoms with Crippen LogP contribution >= 0.6 is 0 Å². The maximum absolute atomic E-state index is 11.1. The molecule has 2 aliphatic carbocycles. The molecule has 0 saturated heterocycles. The molecule has 3 nitrogen and oxygen atoms in total. The third kappa shape index (κ3) is 2.11. The van der Waals surface area contributed by atoms with Crippen LogP contribution in [0.25, 0.3) is 0 Å². The van der Waals surface area contributed by atoms with E-state index in [0.717, 1.165) is 11.8 Å². The van der Waals surface area contributed by atoms with E-state index in [4.69, 9.17) is 0 Å². The second kappa shape index (κ2) is 3.49. The Balaban J connectivity index is 1.96. The molecule has 0 radical (unpaired) electrons. The summed E-state index contributed by atoms with van der Waals surface area (Å²) in [6, 6.07) is 0.125. The van der Waals surface area contributed by atoms with Crippen LogP contribution in [0.3, 0.4) is 0 Å². The van der Waals surface area contributed by atoms with Crippen LogP contribution in [0, 0.1) is 17.8 Å². The van der Waals surface area contributed by atoms with Crippen LogP contribution in [0.2, 0.25) is 0 Å². The molecule has 2 bridgehead atoms. The molecule has 0 unspecified atom stereocenters. The predicted octanol–water partition coefficient (Wildman–Crippen LogP) is 1.36. The molecule has 2 aliphatic rings. The van der Waals surface area contributed by atoms with Gasteiger partial charge in [0, 0.05) is 6.04 Å². The van der Waals surface area contributed by atoms with Gasteiger partial charge in [0.05, 0.1) is 6.26 Å². The minimum absolute atomic E-state index is 0.125. The zero-order valence-electron chi connectivity index (χ0n) is 8.86. The number of rotatable bonds is 3. The number of hydrogen-bond donors (Lipinski definition) is 1. The van der Waals surface area contributed by atoms with E-state index in [9.17, 15) is 8.42 Å². The molecule has 82 valence electrons. The third-order valence-electron chi connectivity index (χ3n) is 3.83. The smallest absolute Gasteiger partial charge is 0.208 e. The average Bonchev–Trinajstić information content (AvgIpc) is 2.59. The zero-order valence-corrected chi connectivity index (χ0v) is 9.68. The Morgan fingerprint density at radius 2 is 2.00 bits per heavy atom. The second-order valence-electron chi connectivity index (χ2n) is 5.02. The highest BCUT2D eigenvalue weighted by Gasteiger charge is 2.42. The van der Waals surface area contributed by atoms with Crippen LogP contribution in [0.1, 0.15) is 32.6 Å². The van der Waals surface area contributed by atoms with Gasteiger partial charge in [-0.2, -0.15) is 0 Å². The SMILES string of the molecule is C[C@@H](NS(C)(=O)=O)[C@@H]1C[C@H]2CC[C@H]1C2. The fourth-order valence-electron chi connectivity index (χ4n) is 3.33. The van der Waals surface area contributed by atoms with E-state index in [1.54, 1.807) is 0 Å². The van der Waals surface area contributed by atoms with Crippen molar-refractivity contribution >= 4 is 10.0 Å².